The summed E-state index contributed by atoms with van der Waals surface area (Å²) in [4.78, 5) is 24.3. The average Bonchev–Trinajstić information content (AvgIpc) is 3.06. The summed E-state index contributed by atoms with van der Waals surface area (Å²) in [7, 11) is -3.96. The monoisotopic (exact) mass is 449 g/mol. The number of ether oxygens (including phenoxy) is 1. The first kappa shape index (κ1) is 20.6. The molecule has 3 aliphatic heterocycles. The van der Waals surface area contributed by atoms with Gasteiger partial charge in [0.2, 0.25) is 11.7 Å². The zero-order chi connectivity index (χ0) is 20.8. The molecular weight excluding hydrogens is 435 g/mol. The molecule has 0 aliphatic carbocycles. The average molecular weight is 450 g/mol. The number of Topliss-reactive ketones (excluding diaryl/α,β-unsaturated/α-hetero) is 1. The van der Waals surface area contributed by atoms with E-state index in [9.17, 15) is 22.9 Å². The lowest BCUT2D eigenvalue weighted by Gasteiger charge is -2.30. The quantitative estimate of drug-likeness (QED) is 0.514. The Bertz CT molecular complexity index is 942. The largest absolute Gasteiger partial charge is 0.475 e. The molecule has 29 heavy (non-hydrogen) atoms. The van der Waals surface area contributed by atoms with Gasteiger partial charge in [0, 0.05) is 17.6 Å². The standard InChI is InChI=1S/C17H15ClF2NO7P/c18-11-3-10(19)2-1-9(11)7-25-29(24)26-8-15-14(28-29)5-17(27-15)21-6-12(20)13(22)4-16(21)23/h1-3,6,14-15,17H,4-5,7-8H2/t14-,15+,17+,29?/m0/s1. The number of hydrogen-bond acceptors (Lipinski definition) is 7. The molecule has 4 atom stereocenters. The van der Waals surface area contributed by atoms with Crippen LogP contribution < -0.4 is 0 Å². The van der Waals surface area contributed by atoms with Gasteiger partial charge in [-0.15, -0.1) is 0 Å². The van der Waals surface area contributed by atoms with Gasteiger partial charge in [0.05, 0.1) is 19.6 Å². The number of halogens is 3. The Morgan fingerprint density at radius 1 is 1.28 bits per heavy atom. The molecule has 0 aromatic heterocycles. The summed E-state index contributed by atoms with van der Waals surface area (Å²) < 4.78 is 61.0. The van der Waals surface area contributed by atoms with Gasteiger partial charge in [-0.05, 0) is 17.7 Å². The highest BCUT2D eigenvalue weighted by Crippen LogP contribution is 2.56. The van der Waals surface area contributed by atoms with Crippen LogP contribution in [0.15, 0.2) is 30.2 Å². The Morgan fingerprint density at radius 3 is 2.83 bits per heavy atom. The fourth-order valence-electron chi connectivity index (χ4n) is 3.17. The number of hydrogen-bond donors (Lipinski definition) is 0. The van der Waals surface area contributed by atoms with Gasteiger partial charge >= 0.3 is 7.82 Å². The SMILES string of the molecule is O=C1CC(=O)N([C@H]2C[C@@H]3OP(=O)(OCc4ccc(F)cc4Cl)OC[C@H]3O2)C=C1F. The molecule has 4 rings (SSSR count). The van der Waals surface area contributed by atoms with Crippen molar-refractivity contribution in [3.8, 4) is 0 Å². The van der Waals surface area contributed by atoms with Crippen LogP contribution in [0, 0.1) is 5.82 Å². The number of benzene rings is 1. The van der Waals surface area contributed by atoms with E-state index in [-0.39, 0.29) is 24.7 Å². The van der Waals surface area contributed by atoms with Crippen molar-refractivity contribution in [2.45, 2.75) is 37.9 Å². The van der Waals surface area contributed by atoms with Crippen LogP contribution in [-0.2, 0) is 39.1 Å². The summed E-state index contributed by atoms with van der Waals surface area (Å²) in [5.74, 6) is -3.05. The first-order chi connectivity index (χ1) is 13.7. The Kier molecular flexibility index (Phi) is 5.58. The highest BCUT2D eigenvalue weighted by molar-refractivity contribution is 7.48. The van der Waals surface area contributed by atoms with Crippen LogP contribution in [0.2, 0.25) is 5.02 Å². The first-order valence-electron chi connectivity index (χ1n) is 8.63. The van der Waals surface area contributed by atoms with Crippen molar-refractivity contribution >= 4 is 31.1 Å². The maximum atomic E-state index is 13.6. The third kappa shape index (κ3) is 4.28. The van der Waals surface area contributed by atoms with E-state index in [2.05, 4.69) is 0 Å². The second-order valence-electron chi connectivity index (χ2n) is 6.64. The van der Waals surface area contributed by atoms with E-state index in [1.807, 2.05) is 0 Å². The number of carbonyl (C=O) groups excluding carboxylic acids is 2. The molecule has 1 aromatic carbocycles. The normalized spacial score (nSPS) is 32.3. The van der Waals surface area contributed by atoms with E-state index in [4.69, 9.17) is 29.9 Å². The van der Waals surface area contributed by atoms with Gasteiger partial charge in [-0.3, -0.25) is 28.1 Å². The second-order valence-corrected chi connectivity index (χ2v) is 8.67. The highest BCUT2D eigenvalue weighted by atomic mass is 35.5. The molecule has 0 bridgehead atoms. The molecule has 156 valence electrons. The van der Waals surface area contributed by atoms with Crippen LogP contribution in [-0.4, -0.2) is 41.6 Å². The van der Waals surface area contributed by atoms with Crippen LogP contribution in [0.5, 0.6) is 0 Å². The Balaban J connectivity index is 1.40. The van der Waals surface area contributed by atoms with Gasteiger partial charge in [0.25, 0.3) is 0 Å². The third-order valence-corrected chi connectivity index (χ3v) is 6.46. The highest BCUT2D eigenvalue weighted by Gasteiger charge is 2.49. The number of phosphoric ester groups is 1. The number of phosphoric acid groups is 1. The molecule has 0 saturated carbocycles. The van der Waals surface area contributed by atoms with Crippen molar-refractivity contribution in [1.29, 1.82) is 0 Å². The zero-order valence-corrected chi connectivity index (χ0v) is 16.4. The maximum Gasteiger partial charge on any atom is 0.475 e. The molecule has 1 amide bonds. The van der Waals surface area contributed by atoms with Gasteiger partial charge in [-0.2, -0.15) is 0 Å². The minimum absolute atomic E-state index is 0.0857. The molecule has 2 saturated heterocycles. The molecule has 0 spiro atoms. The van der Waals surface area contributed by atoms with Crippen LogP contribution in [0.25, 0.3) is 0 Å². The summed E-state index contributed by atoms with van der Waals surface area (Å²) in [6.45, 7) is -0.374. The van der Waals surface area contributed by atoms with E-state index >= 15 is 0 Å². The summed E-state index contributed by atoms with van der Waals surface area (Å²) in [5, 5.41) is 0.0997. The number of allylic oxidation sites excluding steroid dienone is 1. The van der Waals surface area contributed by atoms with Crippen molar-refractivity contribution < 1.29 is 41.2 Å². The predicted octanol–water partition coefficient (Wildman–Crippen LogP) is 3.25. The maximum absolute atomic E-state index is 13.6. The van der Waals surface area contributed by atoms with Crippen LogP contribution in [0.1, 0.15) is 18.4 Å². The fourth-order valence-corrected chi connectivity index (χ4v) is 4.77. The molecule has 1 unspecified atom stereocenters. The molecule has 3 heterocycles. The summed E-state index contributed by atoms with van der Waals surface area (Å²) in [6, 6.07) is 3.66. The van der Waals surface area contributed by atoms with Crippen molar-refractivity contribution in [2.75, 3.05) is 6.61 Å². The molecule has 8 nitrogen and oxygen atoms in total. The van der Waals surface area contributed by atoms with Crippen LogP contribution in [0.4, 0.5) is 8.78 Å². The molecule has 3 aliphatic rings. The van der Waals surface area contributed by atoms with Crippen molar-refractivity contribution in [3.05, 3.63) is 46.6 Å². The fraction of sp³-hybridized carbons (Fsp3) is 0.412. The summed E-state index contributed by atoms with van der Waals surface area (Å²) in [5.41, 5.74) is 0.391. The van der Waals surface area contributed by atoms with Gasteiger partial charge in [0.15, 0.2) is 5.83 Å². The Labute approximate surface area is 168 Å². The summed E-state index contributed by atoms with van der Waals surface area (Å²) >= 11 is 5.91. The molecule has 12 heteroatoms. The minimum atomic E-state index is -3.96. The second kappa shape index (κ2) is 7.86. The van der Waals surface area contributed by atoms with Gasteiger partial charge in [-0.25, -0.2) is 13.3 Å². The van der Waals surface area contributed by atoms with Crippen LogP contribution in [0.3, 0.4) is 0 Å². The number of ketones is 1. The summed E-state index contributed by atoms with van der Waals surface area (Å²) in [6.07, 6.45) is -1.98. The number of rotatable bonds is 4. The molecule has 0 N–H and O–H groups in total. The Hall–Kier alpha value is -1.68. The van der Waals surface area contributed by atoms with Crippen molar-refractivity contribution in [2.24, 2.45) is 0 Å². The lowest BCUT2D eigenvalue weighted by Crippen LogP contribution is -2.40. The van der Waals surface area contributed by atoms with Crippen LogP contribution >= 0.6 is 19.4 Å². The topological polar surface area (TPSA) is 91.4 Å². The van der Waals surface area contributed by atoms with Crippen molar-refractivity contribution in [1.82, 2.24) is 4.90 Å². The molecule has 1 aromatic rings. The van der Waals surface area contributed by atoms with Crippen molar-refractivity contribution in [3.63, 3.8) is 0 Å². The Morgan fingerprint density at radius 2 is 2.07 bits per heavy atom. The van der Waals surface area contributed by atoms with E-state index in [0.29, 0.717) is 5.56 Å². The number of amides is 1. The molecule has 0 radical (unpaired) electrons. The van der Waals surface area contributed by atoms with E-state index in [0.717, 1.165) is 17.2 Å². The lowest BCUT2D eigenvalue weighted by atomic mass is 10.1. The van der Waals surface area contributed by atoms with E-state index in [1.54, 1.807) is 0 Å². The van der Waals surface area contributed by atoms with Gasteiger partial charge in [0.1, 0.15) is 24.3 Å². The predicted molar refractivity (Wildman–Crippen MR) is 93.6 cm³/mol. The van der Waals surface area contributed by atoms with E-state index in [1.165, 1.54) is 12.1 Å². The number of nitrogens with zero attached hydrogens (tertiary/aromatic N) is 1. The molecular formula is C17H15ClF2NO7P. The van der Waals surface area contributed by atoms with Gasteiger partial charge < -0.3 is 4.74 Å². The number of carbonyl (C=O) groups is 2. The molecule has 2 fully saturated rings. The zero-order valence-electron chi connectivity index (χ0n) is 14.8. The first-order valence-corrected chi connectivity index (χ1v) is 10.5. The lowest BCUT2D eigenvalue weighted by molar-refractivity contribution is -0.146. The number of fused-ring (bicyclic) bond motifs is 1. The van der Waals surface area contributed by atoms with E-state index < -0.39 is 56.0 Å². The third-order valence-electron chi connectivity index (χ3n) is 4.66. The van der Waals surface area contributed by atoms with Gasteiger partial charge in [-0.1, -0.05) is 17.7 Å². The minimum Gasteiger partial charge on any atom is -0.349 e. The smallest absolute Gasteiger partial charge is 0.349 e.